The van der Waals surface area contributed by atoms with Crippen LogP contribution in [0.15, 0.2) is 12.5 Å². The third-order valence-electron chi connectivity index (χ3n) is 2.22. The fourth-order valence-electron chi connectivity index (χ4n) is 1.06. The second-order valence-electron chi connectivity index (χ2n) is 3.42. The molecular formula is C10H16N4O. The monoisotopic (exact) mass is 208 g/mol. The van der Waals surface area contributed by atoms with E-state index >= 15 is 0 Å². The van der Waals surface area contributed by atoms with Crippen LogP contribution < -0.4 is 10.6 Å². The lowest BCUT2D eigenvalue weighted by Crippen LogP contribution is -2.37. The van der Waals surface area contributed by atoms with E-state index in [2.05, 4.69) is 20.6 Å². The van der Waals surface area contributed by atoms with Crippen molar-refractivity contribution in [2.75, 3.05) is 13.6 Å². The smallest absolute Gasteiger partial charge is 0.254 e. The van der Waals surface area contributed by atoms with Gasteiger partial charge in [0.25, 0.3) is 5.91 Å². The second kappa shape index (κ2) is 5.41. The molecule has 1 aromatic heterocycles. The van der Waals surface area contributed by atoms with Gasteiger partial charge in [0.05, 0.1) is 11.3 Å². The molecule has 1 unspecified atom stereocenters. The van der Waals surface area contributed by atoms with Gasteiger partial charge in [-0.3, -0.25) is 4.79 Å². The number of hydrogen-bond donors (Lipinski definition) is 2. The van der Waals surface area contributed by atoms with E-state index in [1.807, 2.05) is 14.0 Å². The van der Waals surface area contributed by atoms with Crippen LogP contribution in [0.1, 0.15) is 23.0 Å². The van der Waals surface area contributed by atoms with Crippen LogP contribution in [-0.2, 0) is 0 Å². The molecule has 5 heteroatoms. The topological polar surface area (TPSA) is 66.9 Å². The number of carbonyl (C=O) groups is 1. The first-order valence-corrected chi connectivity index (χ1v) is 4.87. The normalized spacial score (nSPS) is 12.2. The number of aryl methyl sites for hydroxylation is 1. The SMILES string of the molecule is CNC(C)CNC(=O)c1cncnc1C. The summed E-state index contributed by atoms with van der Waals surface area (Å²) in [7, 11) is 1.85. The number of nitrogens with one attached hydrogen (secondary N) is 2. The molecule has 0 aromatic carbocycles. The van der Waals surface area contributed by atoms with E-state index in [4.69, 9.17) is 0 Å². The van der Waals surface area contributed by atoms with E-state index < -0.39 is 0 Å². The minimum Gasteiger partial charge on any atom is -0.350 e. The molecule has 1 aromatic rings. The summed E-state index contributed by atoms with van der Waals surface area (Å²) in [6, 6.07) is 0.249. The van der Waals surface area contributed by atoms with Gasteiger partial charge in [0.1, 0.15) is 6.33 Å². The molecule has 1 amide bonds. The predicted octanol–water partition coefficient (Wildman–Crippen LogP) is 0.123. The lowest BCUT2D eigenvalue weighted by Gasteiger charge is -2.11. The number of amides is 1. The molecule has 1 heterocycles. The first-order valence-electron chi connectivity index (χ1n) is 4.87. The Labute approximate surface area is 89.3 Å². The van der Waals surface area contributed by atoms with Crippen LogP contribution in [0.25, 0.3) is 0 Å². The molecule has 0 aliphatic rings. The fraction of sp³-hybridized carbons (Fsp3) is 0.500. The van der Waals surface area contributed by atoms with E-state index in [0.717, 1.165) is 0 Å². The molecule has 5 nitrogen and oxygen atoms in total. The Morgan fingerprint density at radius 2 is 2.33 bits per heavy atom. The molecule has 0 aliphatic heterocycles. The maximum absolute atomic E-state index is 11.7. The standard InChI is InChI=1S/C10H16N4O/c1-7(11-3)4-13-10(15)9-5-12-6-14-8(9)2/h5-7,11H,4H2,1-3H3,(H,13,15). The highest BCUT2D eigenvalue weighted by Crippen LogP contribution is 2.00. The molecule has 0 aliphatic carbocycles. The highest BCUT2D eigenvalue weighted by molar-refractivity contribution is 5.94. The highest BCUT2D eigenvalue weighted by atomic mass is 16.1. The van der Waals surface area contributed by atoms with E-state index in [9.17, 15) is 4.79 Å². The van der Waals surface area contributed by atoms with Crippen LogP contribution in [0.2, 0.25) is 0 Å². The van der Waals surface area contributed by atoms with Crippen LogP contribution in [0.4, 0.5) is 0 Å². The summed E-state index contributed by atoms with van der Waals surface area (Å²) >= 11 is 0. The maximum Gasteiger partial charge on any atom is 0.254 e. The summed E-state index contributed by atoms with van der Waals surface area (Å²) in [5, 5.41) is 5.85. The van der Waals surface area contributed by atoms with Gasteiger partial charge >= 0.3 is 0 Å². The number of rotatable bonds is 4. The minimum absolute atomic E-state index is 0.129. The third-order valence-corrected chi connectivity index (χ3v) is 2.22. The lowest BCUT2D eigenvalue weighted by atomic mass is 10.2. The lowest BCUT2D eigenvalue weighted by molar-refractivity contribution is 0.0949. The Kier molecular flexibility index (Phi) is 4.17. The summed E-state index contributed by atoms with van der Waals surface area (Å²) in [4.78, 5) is 19.5. The zero-order chi connectivity index (χ0) is 11.3. The average molecular weight is 208 g/mol. The number of nitrogens with zero attached hydrogens (tertiary/aromatic N) is 2. The molecule has 2 N–H and O–H groups in total. The number of carbonyl (C=O) groups excluding carboxylic acids is 1. The molecule has 82 valence electrons. The van der Waals surface area contributed by atoms with Gasteiger partial charge in [-0.25, -0.2) is 9.97 Å². The van der Waals surface area contributed by atoms with Gasteiger partial charge in [-0.2, -0.15) is 0 Å². The van der Waals surface area contributed by atoms with Crippen molar-refractivity contribution in [1.82, 2.24) is 20.6 Å². The fourth-order valence-corrected chi connectivity index (χ4v) is 1.06. The summed E-state index contributed by atoms with van der Waals surface area (Å²) in [6.07, 6.45) is 2.96. The Morgan fingerprint density at radius 1 is 1.60 bits per heavy atom. The number of hydrogen-bond acceptors (Lipinski definition) is 4. The molecule has 1 rings (SSSR count). The largest absolute Gasteiger partial charge is 0.350 e. The van der Waals surface area contributed by atoms with E-state index in [1.54, 1.807) is 6.92 Å². The summed E-state index contributed by atoms with van der Waals surface area (Å²) in [5.41, 5.74) is 1.22. The third kappa shape index (κ3) is 3.28. The van der Waals surface area contributed by atoms with E-state index in [1.165, 1.54) is 12.5 Å². The Morgan fingerprint density at radius 3 is 2.93 bits per heavy atom. The molecule has 0 saturated carbocycles. The number of aromatic nitrogens is 2. The van der Waals surface area contributed by atoms with Crippen LogP contribution in [0.3, 0.4) is 0 Å². The van der Waals surface area contributed by atoms with Gasteiger partial charge in [0.2, 0.25) is 0 Å². The quantitative estimate of drug-likeness (QED) is 0.737. The van der Waals surface area contributed by atoms with Crippen LogP contribution >= 0.6 is 0 Å². The van der Waals surface area contributed by atoms with Crippen molar-refractivity contribution in [1.29, 1.82) is 0 Å². The van der Waals surface area contributed by atoms with Crippen LogP contribution in [-0.4, -0.2) is 35.5 Å². The molecule has 0 fully saturated rings. The van der Waals surface area contributed by atoms with Crippen molar-refractivity contribution in [2.24, 2.45) is 0 Å². The highest BCUT2D eigenvalue weighted by Gasteiger charge is 2.09. The van der Waals surface area contributed by atoms with Crippen molar-refractivity contribution in [3.63, 3.8) is 0 Å². The van der Waals surface area contributed by atoms with Crippen LogP contribution in [0.5, 0.6) is 0 Å². The van der Waals surface area contributed by atoms with Gasteiger partial charge in [-0.05, 0) is 20.9 Å². The van der Waals surface area contributed by atoms with Gasteiger partial charge in [-0.15, -0.1) is 0 Å². The first kappa shape index (κ1) is 11.6. The predicted molar refractivity (Wildman–Crippen MR) is 57.6 cm³/mol. The zero-order valence-electron chi connectivity index (χ0n) is 9.24. The summed E-state index contributed by atoms with van der Waals surface area (Å²) in [5.74, 6) is -0.129. The van der Waals surface area contributed by atoms with E-state index in [0.29, 0.717) is 17.8 Å². The van der Waals surface area contributed by atoms with Crippen molar-refractivity contribution in [3.8, 4) is 0 Å². The van der Waals surface area contributed by atoms with Crippen molar-refractivity contribution in [3.05, 3.63) is 23.8 Å². The molecule has 0 spiro atoms. The van der Waals surface area contributed by atoms with Crippen LogP contribution in [0, 0.1) is 6.92 Å². The Bertz CT molecular complexity index is 340. The van der Waals surface area contributed by atoms with Gasteiger partial charge in [0, 0.05) is 18.8 Å². The second-order valence-corrected chi connectivity index (χ2v) is 3.42. The minimum atomic E-state index is -0.129. The molecule has 1 atom stereocenters. The van der Waals surface area contributed by atoms with Gasteiger partial charge < -0.3 is 10.6 Å². The molecular weight excluding hydrogens is 192 g/mol. The molecule has 15 heavy (non-hydrogen) atoms. The average Bonchev–Trinajstić information content (AvgIpc) is 2.26. The Hall–Kier alpha value is -1.49. The van der Waals surface area contributed by atoms with Crippen molar-refractivity contribution < 1.29 is 4.79 Å². The summed E-state index contributed by atoms with van der Waals surface area (Å²) in [6.45, 7) is 4.37. The molecule has 0 bridgehead atoms. The van der Waals surface area contributed by atoms with E-state index in [-0.39, 0.29) is 11.9 Å². The number of likely N-dealkylation sites (N-methyl/N-ethyl adjacent to an activating group) is 1. The maximum atomic E-state index is 11.7. The molecule has 0 saturated heterocycles. The van der Waals surface area contributed by atoms with Gasteiger partial charge in [0.15, 0.2) is 0 Å². The summed E-state index contributed by atoms with van der Waals surface area (Å²) < 4.78 is 0. The molecule has 0 radical (unpaired) electrons. The zero-order valence-corrected chi connectivity index (χ0v) is 9.24. The van der Waals surface area contributed by atoms with Crippen molar-refractivity contribution in [2.45, 2.75) is 19.9 Å². The van der Waals surface area contributed by atoms with Crippen molar-refractivity contribution >= 4 is 5.91 Å². The Balaban J connectivity index is 2.58. The first-order chi connectivity index (χ1) is 7.15. The van der Waals surface area contributed by atoms with Gasteiger partial charge in [-0.1, -0.05) is 0 Å².